The lowest BCUT2D eigenvalue weighted by Crippen LogP contribution is -2.21. The average Bonchev–Trinajstić information content (AvgIpc) is 2.95. The Balaban J connectivity index is 2.39. The van der Waals surface area contributed by atoms with E-state index in [4.69, 9.17) is 11.6 Å². The Morgan fingerprint density at radius 3 is 2.26 bits per heavy atom. The number of aliphatic carboxylic acids is 1. The predicted octanol–water partition coefficient (Wildman–Crippen LogP) is 5.88. The van der Waals surface area contributed by atoms with E-state index < -0.39 is 40.6 Å². The molecule has 2 N–H and O–H groups in total. The summed E-state index contributed by atoms with van der Waals surface area (Å²) in [5.41, 5.74) is -0.196. The summed E-state index contributed by atoms with van der Waals surface area (Å²) in [6.45, 7) is 6.99. The summed E-state index contributed by atoms with van der Waals surface area (Å²) in [6.07, 6.45) is 0.134. The lowest BCUT2D eigenvalue weighted by Gasteiger charge is -2.24. The maximum absolute atomic E-state index is 15.1. The largest absolute Gasteiger partial charge is 0.503 e. The van der Waals surface area contributed by atoms with Crippen molar-refractivity contribution < 1.29 is 28.6 Å². The Morgan fingerprint density at radius 1 is 1.16 bits per heavy atom. The first-order valence-electron chi connectivity index (χ1n) is 9.58. The quantitative estimate of drug-likeness (QED) is 0.521. The van der Waals surface area contributed by atoms with Gasteiger partial charge in [-0.05, 0) is 48.6 Å². The maximum Gasteiger partial charge on any atom is 0.311 e. The number of hydrogen-bond acceptors (Lipinski definition) is 3. The van der Waals surface area contributed by atoms with Gasteiger partial charge in [0, 0.05) is 27.7 Å². The third-order valence-electron chi connectivity index (χ3n) is 5.17. The lowest BCUT2D eigenvalue weighted by molar-refractivity contribution is -0.139. The van der Waals surface area contributed by atoms with E-state index in [1.54, 1.807) is 0 Å². The van der Waals surface area contributed by atoms with E-state index >= 15 is 4.39 Å². The number of aromatic nitrogens is 1. The van der Waals surface area contributed by atoms with Crippen molar-refractivity contribution in [3.8, 4) is 5.75 Å². The molecule has 164 valence electrons. The molecular formula is C23H22ClF2NO4. The standard InChI is InChI=1S/C23H22ClF2NO4/c1-11-17(14(22(30)31)10-23(2,3)4)18-16(9-15(25)20(28)19(18)26)27(11)21(29)12-5-7-13(24)8-6-12/h5-9,14,28H,10H2,1-4H3,(H,30,31). The van der Waals surface area contributed by atoms with E-state index in [-0.39, 0.29) is 34.1 Å². The first-order valence-corrected chi connectivity index (χ1v) is 9.96. The van der Waals surface area contributed by atoms with Gasteiger partial charge in [0.25, 0.3) is 5.91 Å². The van der Waals surface area contributed by atoms with E-state index in [9.17, 15) is 24.2 Å². The van der Waals surface area contributed by atoms with Gasteiger partial charge in [0.2, 0.25) is 0 Å². The second kappa shape index (κ2) is 7.96. The Kier molecular flexibility index (Phi) is 5.84. The number of carboxylic acid groups (broad SMARTS) is 1. The molecule has 0 aliphatic heterocycles. The second-order valence-corrected chi connectivity index (χ2v) is 9.15. The fourth-order valence-corrected chi connectivity index (χ4v) is 3.97. The summed E-state index contributed by atoms with van der Waals surface area (Å²) in [4.78, 5) is 25.4. The van der Waals surface area contributed by atoms with Crippen LogP contribution in [0.3, 0.4) is 0 Å². The number of aromatic hydroxyl groups is 1. The molecule has 0 amide bonds. The van der Waals surface area contributed by atoms with E-state index in [0.717, 1.165) is 10.6 Å². The molecule has 1 unspecified atom stereocenters. The normalized spacial score (nSPS) is 12.9. The molecule has 0 aliphatic carbocycles. The van der Waals surface area contributed by atoms with Crippen LogP contribution in [0.1, 0.15) is 54.7 Å². The highest BCUT2D eigenvalue weighted by Gasteiger charge is 2.35. The molecular weight excluding hydrogens is 428 g/mol. The minimum atomic E-state index is -1.30. The van der Waals surface area contributed by atoms with E-state index in [1.807, 2.05) is 20.8 Å². The third kappa shape index (κ3) is 4.14. The molecule has 0 radical (unpaired) electrons. The van der Waals surface area contributed by atoms with Crippen molar-refractivity contribution in [3.05, 3.63) is 63.8 Å². The monoisotopic (exact) mass is 449 g/mol. The van der Waals surface area contributed by atoms with Gasteiger partial charge in [-0.25, -0.2) is 8.78 Å². The van der Waals surface area contributed by atoms with Gasteiger partial charge in [-0.1, -0.05) is 32.4 Å². The highest BCUT2D eigenvalue weighted by molar-refractivity contribution is 6.30. The lowest BCUT2D eigenvalue weighted by atomic mass is 9.80. The number of rotatable bonds is 4. The summed E-state index contributed by atoms with van der Waals surface area (Å²) in [5.74, 6) is -6.75. The molecule has 31 heavy (non-hydrogen) atoms. The summed E-state index contributed by atoms with van der Waals surface area (Å²) in [7, 11) is 0. The van der Waals surface area contributed by atoms with Gasteiger partial charge in [-0.15, -0.1) is 0 Å². The number of phenols is 1. The molecule has 0 saturated carbocycles. The fraction of sp³-hybridized carbons (Fsp3) is 0.304. The number of carboxylic acids is 1. The van der Waals surface area contributed by atoms with Crippen molar-refractivity contribution in [2.45, 2.75) is 40.0 Å². The van der Waals surface area contributed by atoms with E-state index in [1.165, 1.54) is 31.2 Å². The average molecular weight is 450 g/mol. The van der Waals surface area contributed by atoms with Crippen LogP contribution < -0.4 is 0 Å². The molecule has 0 aliphatic rings. The van der Waals surface area contributed by atoms with Crippen molar-refractivity contribution in [1.82, 2.24) is 4.57 Å². The topological polar surface area (TPSA) is 79.5 Å². The number of carbonyl (C=O) groups is 2. The summed E-state index contributed by atoms with van der Waals surface area (Å²) in [5, 5.41) is 19.9. The van der Waals surface area contributed by atoms with Crippen LogP contribution in [0.4, 0.5) is 8.78 Å². The molecule has 2 aromatic carbocycles. The van der Waals surface area contributed by atoms with Crippen LogP contribution in [-0.4, -0.2) is 26.7 Å². The smallest absolute Gasteiger partial charge is 0.311 e. The molecule has 3 rings (SSSR count). The molecule has 1 aromatic heterocycles. The summed E-state index contributed by atoms with van der Waals surface area (Å²) >= 11 is 5.88. The molecule has 1 atom stereocenters. The van der Waals surface area contributed by atoms with E-state index in [2.05, 4.69) is 0 Å². The minimum Gasteiger partial charge on any atom is -0.503 e. The van der Waals surface area contributed by atoms with Crippen LogP contribution in [-0.2, 0) is 4.79 Å². The molecule has 0 saturated heterocycles. The van der Waals surface area contributed by atoms with Crippen molar-refractivity contribution in [2.24, 2.45) is 5.41 Å². The first-order chi connectivity index (χ1) is 14.3. The summed E-state index contributed by atoms with van der Waals surface area (Å²) < 4.78 is 30.4. The highest BCUT2D eigenvalue weighted by Crippen LogP contribution is 2.42. The van der Waals surface area contributed by atoms with Gasteiger partial charge in [0.15, 0.2) is 17.4 Å². The number of halogens is 3. The zero-order valence-electron chi connectivity index (χ0n) is 17.5. The Hall–Kier alpha value is -2.93. The predicted molar refractivity (Wildman–Crippen MR) is 114 cm³/mol. The van der Waals surface area contributed by atoms with Crippen molar-refractivity contribution >= 4 is 34.4 Å². The molecule has 3 aromatic rings. The fourth-order valence-electron chi connectivity index (χ4n) is 3.85. The number of phenolic OH excluding ortho intramolecular Hbond substituents is 1. The number of benzene rings is 2. The molecule has 0 bridgehead atoms. The molecule has 5 nitrogen and oxygen atoms in total. The highest BCUT2D eigenvalue weighted by atomic mass is 35.5. The maximum atomic E-state index is 15.1. The van der Waals surface area contributed by atoms with Gasteiger partial charge < -0.3 is 10.2 Å². The van der Waals surface area contributed by atoms with Crippen molar-refractivity contribution in [3.63, 3.8) is 0 Å². The van der Waals surface area contributed by atoms with Crippen molar-refractivity contribution in [1.29, 1.82) is 0 Å². The summed E-state index contributed by atoms with van der Waals surface area (Å²) in [6, 6.07) is 6.78. The Bertz CT molecular complexity index is 1190. The van der Waals surface area contributed by atoms with E-state index in [0.29, 0.717) is 5.02 Å². The molecule has 0 fully saturated rings. The van der Waals surface area contributed by atoms with Gasteiger partial charge in [-0.3, -0.25) is 14.2 Å². The van der Waals surface area contributed by atoms with Gasteiger partial charge >= 0.3 is 5.97 Å². The van der Waals surface area contributed by atoms with Crippen LogP contribution in [0.25, 0.3) is 10.9 Å². The third-order valence-corrected chi connectivity index (χ3v) is 5.42. The van der Waals surface area contributed by atoms with Crippen LogP contribution in [0.2, 0.25) is 5.02 Å². The second-order valence-electron chi connectivity index (χ2n) is 8.72. The van der Waals surface area contributed by atoms with Crippen LogP contribution in [0, 0.1) is 24.0 Å². The number of hydrogen-bond donors (Lipinski definition) is 2. The molecule has 8 heteroatoms. The Labute approximate surface area is 182 Å². The minimum absolute atomic E-state index is 0.0348. The zero-order chi connectivity index (χ0) is 23.2. The SMILES string of the molecule is Cc1c(C(CC(C)(C)C)C(=O)O)c2c(F)c(O)c(F)cc2n1C(=O)c1ccc(Cl)cc1. The van der Waals surface area contributed by atoms with Gasteiger partial charge in [0.1, 0.15) is 0 Å². The van der Waals surface area contributed by atoms with Crippen LogP contribution in [0.5, 0.6) is 5.75 Å². The van der Waals surface area contributed by atoms with Crippen LogP contribution in [0.15, 0.2) is 30.3 Å². The van der Waals surface area contributed by atoms with Gasteiger partial charge in [-0.2, -0.15) is 0 Å². The zero-order valence-corrected chi connectivity index (χ0v) is 18.2. The van der Waals surface area contributed by atoms with Crippen LogP contribution >= 0.6 is 11.6 Å². The number of carbonyl (C=O) groups excluding carboxylic acids is 1. The van der Waals surface area contributed by atoms with Gasteiger partial charge in [0.05, 0.1) is 11.4 Å². The van der Waals surface area contributed by atoms with Crippen molar-refractivity contribution in [2.75, 3.05) is 0 Å². The number of nitrogens with zero attached hydrogens (tertiary/aromatic N) is 1. The molecule has 1 heterocycles. The Morgan fingerprint density at radius 2 is 1.74 bits per heavy atom. The number of fused-ring (bicyclic) bond motifs is 1. The molecule has 0 spiro atoms. The first kappa shape index (κ1) is 22.7.